The van der Waals surface area contributed by atoms with Crippen molar-refractivity contribution in [2.24, 2.45) is 0 Å². The van der Waals surface area contributed by atoms with E-state index in [1.165, 1.54) is 11.8 Å². The van der Waals surface area contributed by atoms with Crippen molar-refractivity contribution >= 4 is 35.1 Å². The van der Waals surface area contributed by atoms with Crippen molar-refractivity contribution in [2.75, 3.05) is 30.0 Å². The van der Waals surface area contributed by atoms with Gasteiger partial charge >= 0.3 is 0 Å². The van der Waals surface area contributed by atoms with Gasteiger partial charge in [-0.2, -0.15) is 9.97 Å². The molecule has 2 N–H and O–H groups in total. The van der Waals surface area contributed by atoms with Crippen LogP contribution in [-0.4, -0.2) is 29.3 Å². The summed E-state index contributed by atoms with van der Waals surface area (Å²) in [6, 6.07) is 0. The van der Waals surface area contributed by atoms with Crippen LogP contribution in [0.5, 0.6) is 0 Å². The van der Waals surface area contributed by atoms with Crippen LogP contribution in [0, 0.1) is 0 Å². The molecule has 1 aromatic rings. The minimum Gasteiger partial charge on any atom is -0.383 e. The summed E-state index contributed by atoms with van der Waals surface area (Å²) in [5, 5.41) is 0.428. The summed E-state index contributed by atoms with van der Waals surface area (Å²) in [7, 11) is 0. The highest BCUT2D eigenvalue weighted by molar-refractivity contribution is 7.98. The van der Waals surface area contributed by atoms with E-state index in [1.807, 2.05) is 25.0 Å². The zero-order valence-corrected chi connectivity index (χ0v) is 10.7. The van der Waals surface area contributed by atoms with Gasteiger partial charge in [-0.25, -0.2) is 0 Å². The molecule has 0 aliphatic heterocycles. The van der Waals surface area contributed by atoms with Crippen LogP contribution in [0.4, 0.5) is 11.8 Å². The second kappa shape index (κ2) is 5.42. The van der Waals surface area contributed by atoms with E-state index in [9.17, 15) is 0 Å². The summed E-state index contributed by atoms with van der Waals surface area (Å²) < 4.78 is 0. The molecule has 1 rings (SSSR count). The average molecular weight is 247 g/mol. The third-order valence-corrected chi connectivity index (χ3v) is 3.29. The van der Waals surface area contributed by atoms with Crippen LogP contribution in [0.2, 0.25) is 5.15 Å². The predicted octanol–water partition coefficient (Wildman–Crippen LogP) is 2.28. The lowest BCUT2D eigenvalue weighted by atomic mass is 10.5. The molecule has 0 bridgehead atoms. The smallest absolute Gasteiger partial charge is 0.228 e. The van der Waals surface area contributed by atoms with Gasteiger partial charge in [0.25, 0.3) is 0 Å². The number of rotatable bonds is 4. The molecule has 0 atom stereocenters. The maximum atomic E-state index is 6.01. The van der Waals surface area contributed by atoms with Crippen LogP contribution in [0.1, 0.15) is 13.8 Å². The van der Waals surface area contributed by atoms with Gasteiger partial charge in [0, 0.05) is 13.1 Å². The van der Waals surface area contributed by atoms with E-state index in [0.717, 1.165) is 18.0 Å². The van der Waals surface area contributed by atoms with Gasteiger partial charge in [-0.05, 0) is 20.1 Å². The van der Waals surface area contributed by atoms with Gasteiger partial charge in [0.2, 0.25) is 5.95 Å². The van der Waals surface area contributed by atoms with Crippen molar-refractivity contribution in [1.82, 2.24) is 9.97 Å². The normalized spacial score (nSPS) is 10.4. The molecule has 84 valence electrons. The van der Waals surface area contributed by atoms with E-state index in [4.69, 9.17) is 17.3 Å². The maximum absolute atomic E-state index is 6.01. The molecule has 0 aromatic carbocycles. The van der Waals surface area contributed by atoms with Crippen molar-refractivity contribution in [1.29, 1.82) is 0 Å². The molecule has 0 amide bonds. The predicted molar refractivity (Wildman–Crippen MR) is 66.8 cm³/mol. The lowest BCUT2D eigenvalue weighted by molar-refractivity contribution is 0.818. The van der Waals surface area contributed by atoms with Gasteiger partial charge in [-0.1, -0.05) is 11.6 Å². The second-order valence-electron chi connectivity index (χ2n) is 2.91. The molecule has 1 heterocycles. The number of thioether (sulfide) groups is 1. The zero-order chi connectivity index (χ0) is 11.4. The lowest BCUT2D eigenvalue weighted by Crippen LogP contribution is -2.24. The SMILES string of the molecule is CCN(CC)c1nc(N)c(SC)c(Cl)n1. The molecule has 0 radical (unpaired) electrons. The Bertz CT molecular complexity index is 318. The minimum atomic E-state index is 0.428. The minimum absolute atomic E-state index is 0.428. The zero-order valence-electron chi connectivity index (χ0n) is 9.12. The fraction of sp³-hybridized carbons (Fsp3) is 0.556. The van der Waals surface area contributed by atoms with E-state index in [0.29, 0.717) is 16.9 Å². The molecule has 0 spiro atoms. The molecule has 4 nitrogen and oxygen atoms in total. The van der Waals surface area contributed by atoms with E-state index < -0.39 is 0 Å². The molecule has 0 aliphatic rings. The first-order valence-electron chi connectivity index (χ1n) is 4.75. The largest absolute Gasteiger partial charge is 0.383 e. The third kappa shape index (κ3) is 2.66. The Kier molecular flexibility index (Phi) is 4.47. The summed E-state index contributed by atoms with van der Waals surface area (Å²) in [4.78, 5) is 11.2. The van der Waals surface area contributed by atoms with Gasteiger partial charge in [-0.3, -0.25) is 0 Å². The molecular weight excluding hydrogens is 232 g/mol. The van der Waals surface area contributed by atoms with Crippen molar-refractivity contribution in [3.63, 3.8) is 0 Å². The molecular formula is C9H15ClN4S. The number of anilines is 2. The number of nitrogens with zero attached hydrogens (tertiary/aromatic N) is 3. The monoisotopic (exact) mass is 246 g/mol. The summed E-state index contributed by atoms with van der Waals surface area (Å²) in [6.07, 6.45) is 1.90. The molecule has 15 heavy (non-hydrogen) atoms. The molecule has 6 heteroatoms. The van der Waals surface area contributed by atoms with Crippen LogP contribution in [-0.2, 0) is 0 Å². The highest BCUT2D eigenvalue weighted by Gasteiger charge is 2.12. The number of nitrogen functional groups attached to an aromatic ring is 1. The first-order chi connectivity index (χ1) is 7.13. The molecule has 0 unspecified atom stereocenters. The second-order valence-corrected chi connectivity index (χ2v) is 4.08. The van der Waals surface area contributed by atoms with Crippen molar-refractivity contribution < 1.29 is 0 Å². The van der Waals surface area contributed by atoms with Crippen molar-refractivity contribution in [3.8, 4) is 0 Å². The van der Waals surface area contributed by atoms with Gasteiger partial charge in [0.1, 0.15) is 11.0 Å². The Hall–Kier alpha value is -0.680. The van der Waals surface area contributed by atoms with E-state index in [1.54, 1.807) is 0 Å². The van der Waals surface area contributed by atoms with E-state index >= 15 is 0 Å². The van der Waals surface area contributed by atoms with Gasteiger partial charge in [0.15, 0.2) is 0 Å². The lowest BCUT2D eigenvalue weighted by Gasteiger charge is -2.19. The Morgan fingerprint density at radius 3 is 2.33 bits per heavy atom. The summed E-state index contributed by atoms with van der Waals surface area (Å²) in [5.74, 6) is 1.05. The first kappa shape index (κ1) is 12.4. The fourth-order valence-corrected chi connectivity index (χ4v) is 2.14. The number of nitrogens with two attached hydrogens (primary N) is 1. The fourth-order valence-electron chi connectivity index (χ4n) is 1.26. The standard InChI is InChI=1S/C9H15ClN4S/c1-4-14(5-2)9-12-7(10)6(15-3)8(11)13-9/h4-5H2,1-3H3,(H2,11,12,13). The molecule has 0 saturated carbocycles. The van der Waals surface area contributed by atoms with Crippen LogP contribution in [0.3, 0.4) is 0 Å². The van der Waals surface area contributed by atoms with Crippen LogP contribution >= 0.6 is 23.4 Å². The summed E-state index contributed by atoms with van der Waals surface area (Å²) in [6.45, 7) is 5.76. The van der Waals surface area contributed by atoms with Gasteiger partial charge < -0.3 is 10.6 Å². The van der Waals surface area contributed by atoms with E-state index in [-0.39, 0.29) is 0 Å². The quantitative estimate of drug-likeness (QED) is 0.653. The molecule has 1 aromatic heterocycles. The number of hydrogen-bond donors (Lipinski definition) is 1. The van der Waals surface area contributed by atoms with Crippen LogP contribution in [0.25, 0.3) is 0 Å². The van der Waals surface area contributed by atoms with Gasteiger partial charge in [-0.15, -0.1) is 11.8 Å². The Balaban J connectivity index is 3.12. The van der Waals surface area contributed by atoms with Gasteiger partial charge in [0.05, 0.1) is 4.90 Å². The molecule has 0 aliphatic carbocycles. The summed E-state index contributed by atoms with van der Waals surface area (Å²) in [5.41, 5.74) is 5.80. The Morgan fingerprint density at radius 1 is 1.33 bits per heavy atom. The Morgan fingerprint density at radius 2 is 1.93 bits per heavy atom. The average Bonchev–Trinajstić information content (AvgIpc) is 2.19. The van der Waals surface area contributed by atoms with Crippen LogP contribution < -0.4 is 10.6 Å². The van der Waals surface area contributed by atoms with E-state index in [2.05, 4.69) is 9.97 Å². The third-order valence-electron chi connectivity index (χ3n) is 2.09. The highest BCUT2D eigenvalue weighted by atomic mass is 35.5. The first-order valence-corrected chi connectivity index (χ1v) is 6.36. The Labute approximate surface area is 99.2 Å². The van der Waals surface area contributed by atoms with Crippen molar-refractivity contribution in [2.45, 2.75) is 18.7 Å². The number of halogens is 1. The number of hydrogen-bond acceptors (Lipinski definition) is 5. The molecule has 0 saturated heterocycles. The summed E-state index contributed by atoms with van der Waals surface area (Å²) >= 11 is 7.47. The van der Waals surface area contributed by atoms with Crippen LogP contribution in [0.15, 0.2) is 4.90 Å². The maximum Gasteiger partial charge on any atom is 0.228 e. The number of aromatic nitrogens is 2. The van der Waals surface area contributed by atoms with Crippen molar-refractivity contribution in [3.05, 3.63) is 5.15 Å². The highest BCUT2D eigenvalue weighted by Crippen LogP contribution is 2.29. The topological polar surface area (TPSA) is 55.0 Å². The molecule has 0 fully saturated rings.